The molecule has 0 fully saturated rings. The fourth-order valence-electron chi connectivity index (χ4n) is 1.79. The summed E-state index contributed by atoms with van der Waals surface area (Å²) in [5, 5.41) is 0. The molecule has 0 N–H and O–H groups in total. The van der Waals surface area contributed by atoms with E-state index in [-0.39, 0.29) is 5.92 Å². The van der Waals surface area contributed by atoms with Gasteiger partial charge in [0.25, 0.3) is 11.8 Å². The van der Waals surface area contributed by atoms with Crippen molar-refractivity contribution in [3.8, 4) is 0 Å². The highest BCUT2D eigenvalue weighted by Gasteiger charge is 2.39. The van der Waals surface area contributed by atoms with Gasteiger partial charge in [0, 0.05) is 11.6 Å². The molecule has 2 amide bonds. The van der Waals surface area contributed by atoms with Gasteiger partial charge in [-0.3, -0.25) is 14.5 Å². The first-order valence-corrected chi connectivity index (χ1v) is 5.52. The van der Waals surface area contributed by atoms with Crippen LogP contribution in [0.25, 0.3) is 0 Å². The molecule has 94 valence electrons. The third-order valence-corrected chi connectivity index (χ3v) is 2.61. The Balaban J connectivity index is 2.96. The van der Waals surface area contributed by atoms with Crippen molar-refractivity contribution in [1.29, 1.82) is 0 Å². The van der Waals surface area contributed by atoms with Crippen molar-refractivity contribution < 1.29 is 19.1 Å². The number of methoxy groups -OCH3 is 1. The number of nitrogens with zero attached hydrogens (tertiary/aromatic N) is 1. The topological polar surface area (TPSA) is 63.7 Å². The van der Waals surface area contributed by atoms with Crippen LogP contribution in [0.1, 0.15) is 27.2 Å². The standard InChI is InChI=1S/C12H17NO4/c1-7(2)5-9(12(16)17-4)13-10(14)6-8(3)11(13)15/h6-7,9H,5H2,1-4H3. The van der Waals surface area contributed by atoms with Gasteiger partial charge in [-0.2, -0.15) is 0 Å². The first-order valence-electron chi connectivity index (χ1n) is 5.52. The van der Waals surface area contributed by atoms with Gasteiger partial charge >= 0.3 is 5.97 Å². The quantitative estimate of drug-likeness (QED) is 0.540. The molecule has 1 heterocycles. The molecule has 1 aliphatic heterocycles. The van der Waals surface area contributed by atoms with Gasteiger partial charge in [0.2, 0.25) is 0 Å². The van der Waals surface area contributed by atoms with E-state index in [4.69, 9.17) is 0 Å². The van der Waals surface area contributed by atoms with Crippen LogP contribution in [0.15, 0.2) is 11.6 Å². The van der Waals surface area contributed by atoms with E-state index < -0.39 is 23.8 Å². The largest absolute Gasteiger partial charge is 0.467 e. The Labute approximate surface area is 100 Å². The number of hydrogen-bond acceptors (Lipinski definition) is 4. The third kappa shape index (κ3) is 2.72. The molecular formula is C12H17NO4. The average Bonchev–Trinajstić information content (AvgIpc) is 2.49. The van der Waals surface area contributed by atoms with E-state index in [1.807, 2.05) is 13.8 Å². The summed E-state index contributed by atoms with van der Waals surface area (Å²) in [6, 6.07) is -0.825. The van der Waals surface area contributed by atoms with Crippen molar-refractivity contribution in [3.05, 3.63) is 11.6 Å². The second kappa shape index (κ2) is 5.12. The van der Waals surface area contributed by atoms with Crippen LogP contribution >= 0.6 is 0 Å². The molecule has 0 aromatic heterocycles. The summed E-state index contributed by atoms with van der Waals surface area (Å²) in [4.78, 5) is 36.1. The van der Waals surface area contributed by atoms with Crippen molar-refractivity contribution in [2.24, 2.45) is 5.92 Å². The van der Waals surface area contributed by atoms with Crippen molar-refractivity contribution in [2.45, 2.75) is 33.2 Å². The van der Waals surface area contributed by atoms with E-state index >= 15 is 0 Å². The van der Waals surface area contributed by atoms with Crippen molar-refractivity contribution in [3.63, 3.8) is 0 Å². The molecule has 17 heavy (non-hydrogen) atoms. The number of amides is 2. The Morgan fingerprint density at radius 2 is 2.00 bits per heavy atom. The predicted octanol–water partition coefficient (Wildman–Crippen LogP) is 0.889. The molecule has 5 heteroatoms. The molecule has 0 spiro atoms. The van der Waals surface area contributed by atoms with E-state index in [0.29, 0.717) is 12.0 Å². The Bertz CT molecular complexity index is 384. The lowest BCUT2D eigenvalue weighted by molar-refractivity contribution is -0.156. The molecule has 1 unspecified atom stereocenters. The molecule has 1 atom stereocenters. The van der Waals surface area contributed by atoms with E-state index in [1.54, 1.807) is 6.92 Å². The van der Waals surface area contributed by atoms with Crippen LogP contribution in [0.4, 0.5) is 0 Å². The number of hydrogen-bond donors (Lipinski definition) is 0. The lowest BCUT2D eigenvalue weighted by Crippen LogP contribution is -2.46. The zero-order chi connectivity index (χ0) is 13.2. The molecule has 0 bridgehead atoms. The first-order chi connectivity index (χ1) is 7.88. The monoisotopic (exact) mass is 239 g/mol. The van der Waals surface area contributed by atoms with Crippen LogP contribution in [-0.4, -0.2) is 35.8 Å². The average molecular weight is 239 g/mol. The minimum absolute atomic E-state index is 0.181. The lowest BCUT2D eigenvalue weighted by Gasteiger charge is -2.25. The van der Waals surface area contributed by atoms with Crippen molar-refractivity contribution in [1.82, 2.24) is 4.90 Å². The van der Waals surface area contributed by atoms with Crippen LogP contribution in [-0.2, 0) is 19.1 Å². The van der Waals surface area contributed by atoms with Gasteiger partial charge in [0.05, 0.1) is 7.11 Å². The van der Waals surface area contributed by atoms with Gasteiger partial charge in [-0.25, -0.2) is 4.79 Å². The van der Waals surface area contributed by atoms with Gasteiger partial charge in [0.15, 0.2) is 0 Å². The van der Waals surface area contributed by atoms with Crippen molar-refractivity contribution >= 4 is 17.8 Å². The van der Waals surface area contributed by atoms with Gasteiger partial charge in [0.1, 0.15) is 6.04 Å². The van der Waals surface area contributed by atoms with Crippen LogP contribution < -0.4 is 0 Å². The van der Waals surface area contributed by atoms with E-state index in [9.17, 15) is 14.4 Å². The molecule has 0 saturated heterocycles. The third-order valence-electron chi connectivity index (χ3n) is 2.61. The maximum atomic E-state index is 11.8. The Hall–Kier alpha value is -1.65. The number of carbonyl (C=O) groups is 3. The highest BCUT2D eigenvalue weighted by Crippen LogP contribution is 2.20. The van der Waals surface area contributed by atoms with E-state index in [0.717, 1.165) is 4.90 Å². The minimum atomic E-state index is -0.825. The highest BCUT2D eigenvalue weighted by molar-refractivity contribution is 6.17. The summed E-state index contributed by atoms with van der Waals surface area (Å²) in [5.74, 6) is -1.22. The predicted molar refractivity (Wildman–Crippen MR) is 60.9 cm³/mol. The van der Waals surface area contributed by atoms with E-state index in [1.165, 1.54) is 13.2 Å². The van der Waals surface area contributed by atoms with Crippen molar-refractivity contribution in [2.75, 3.05) is 7.11 Å². The summed E-state index contributed by atoms with van der Waals surface area (Å²) >= 11 is 0. The fourth-order valence-corrected chi connectivity index (χ4v) is 1.79. The molecule has 0 aliphatic carbocycles. The Morgan fingerprint density at radius 1 is 1.41 bits per heavy atom. The molecule has 1 aliphatic rings. The molecule has 0 aromatic carbocycles. The summed E-state index contributed by atoms with van der Waals surface area (Å²) < 4.78 is 4.65. The smallest absolute Gasteiger partial charge is 0.329 e. The molecular weight excluding hydrogens is 222 g/mol. The zero-order valence-electron chi connectivity index (χ0n) is 10.5. The fraction of sp³-hybridized carbons (Fsp3) is 0.583. The molecule has 0 saturated carbocycles. The van der Waals surface area contributed by atoms with E-state index in [2.05, 4.69) is 4.74 Å². The number of esters is 1. The Kier molecular flexibility index (Phi) is 4.04. The van der Waals surface area contributed by atoms with Gasteiger partial charge in [-0.15, -0.1) is 0 Å². The first kappa shape index (κ1) is 13.4. The number of rotatable bonds is 4. The normalized spacial score (nSPS) is 17.5. The van der Waals surface area contributed by atoms with Crippen LogP contribution in [0.3, 0.4) is 0 Å². The van der Waals surface area contributed by atoms with Crippen LogP contribution in [0.5, 0.6) is 0 Å². The lowest BCUT2D eigenvalue weighted by atomic mass is 10.0. The summed E-state index contributed by atoms with van der Waals surface area (Å²) in [5.41, 5.74) is 0.354. The molecule has 0 radical (unpaired) electrons. The number of ether oxygens (including phenoxy) is 1. The molecule has 1 rings (SSSR count). The summed E-state index contributed by atoms with van der Waals surface area (Å²) in [7, 11) is 1.25. The van der Waals surface area contributed by atoms with Crippen LogP contribution in [0.2, 0.25) is 0 Å². The molecule has 0 aromatic rings. The SMILES string of the molecule is COC(=O)C(CC(C)C)N1C(=O)C=C(C)C1=O. The summed E-state index contributed by atoms with van der Waals surface area (Å²) in [6.07, 6.45) is 1.66. The summed E-state index contributed by atoms with van der Waals surface area (Å²) in [6.45, 7) is 5.40. The van der Waals surface area contributed by atoms with Gasteiger partial charge < -0.3 is 4.74 Å². The molecule has 5 nitrogen and oxygen atoms in total. The van der Waals surface area contributed by atoms with Gasteiger partial charge in [-0.05, 0) is 19.3 Å². The number of imide groups is 1. The maximum Gasteiger partial charge on any atom is 0.329 e. The number of carbonyl (C=O) groups excluding carboxylic acids is 3. The minimum Gasteiger partial charge on any atom is -0.467 e. The second-order valence-electron chi connectivity index (χ2n) is 4.51. The maximum absolute atomic E-state index is 11.8. The zero-order valence-corrected chi connectivity index (χ0v) is 10.5. The highest BCUT2D eigenvalue weighted by atomic mass is 16.5. The van der Waals surface area contributed by atoms with Gasteiger partial charge in [-0.1, -0.05) is 13.8 Å². The van der Waals surface area contributed by atoms with Crippen LogP contribution in [0, 0.1) is 5.92 Å². The second-order valence-corrected chi connectivity index (χ2v) is 4.51. The Morgan fingerprint density at radius 3 is 2.35 bits per heavy atom.